The maximum Gasteiger partial charge on any atom is 0.319 e. The number of anilines is 1. The summed E-state index contributed by atoms with van der Waals surface area (Å²) in [6.07, 6.45) is 3.24. The van der Waals surface area contributed by atoms with E-state index in [-0.39, 0.29) is 12.1 Å². The molecule has 116 valence electrons. The van der Waals surface area contributed by atoms with Crippen molar-refractivity contribution in [1.29, 1.82) is 0 Å². The predicted octanol–water partition coefficient (Wildman–Crippen LogP) is 2.65. The van der Waals surface area contributed by atoms with E-state index < -0.39 is 6.10 Å². The molecular formula is C16H24N2O3. The molecule has 21 heavy (non-hydrogen) atoms. The predicted molar refractivity (Wildman–Crippen MR) is 82.2 cm³/mol. The van der Waals surface area contributed by atoms with Crippen molar-refractivity contribution in [2.24, 2.45) is 0 Å². The molecule has 5 heteroatoms. The summed E-state index contributed by atoms with van der Waals surface area (Å²) < 4.78 is 5.33. The number of hydrogen-bond donors (Lipinski definition) is 3. The highest BCUT2D eigenvalue weighted by Crippen LogP contribution is 2.18. The van der Waals surface area contributed by atoms with Crippen LogP contribution in [0, 0.1) is 0 Å². The fourth-order valence-electron chi connectivity index (χ4n) is 2.52. The Morgan fingerprint density at radius 2 is 2.00 bits per heavy atom. The first-order valence-corrected chi connectivity index (χ1v) is 7.61. The maximum atomic E-state index is 11.9. The Labute approximate surface area is 125 Å². The molecule has 1 fully saturated rings. The molecule has 0 spiro atoms. The van der Waals surface area contributed by atoms with E-state index in [0.29, 0.717) is 13.2 Å². The highest BCUT2D eigenvalue weighted by atomic mass is 16.5. The Morgan fingerprint density at radius 1 is 1.29 bits per heavy atom. The number of urea groups is 1. The van der Waals surface area contributed by atoms with E-state index in [0.717, 1.165) is 36.9 Å². The maximum absolute atomic E-state index is 11.9. The summed E-state index contributed by atoms with van der Waals surface area (Å²) in [5.74, 6) is 0. The number of ether oxygens (including phenoxy) is 1. The van der Waals surface area contributed by atoms with Crippen LogP contribution in [0.15, 0.2) is 24.3 Å². The quantitative estimate of drug-likeness (QED) is 0.781. The number of hydrogen-bond acceptors (Lipinski definition) is 3. The summed E-state index contributed by atoms with van der Waals surface area (Å²) in [6, 6.07) is 7.16. The molecule has 2 amide bonds. The lowest BCUT2D eigenvalue weighted by Crippen LogP contribution is -2.46. The van der Waals surface area contributed by atoms with Crippen molar-refractivity contribution in [2.45, 2.75) is 51.4 Å². The Kier molecular flexibility index (Phi) is 6.02. The second-order valence-electron chi connectivity index (χ2n) is 5.39. The summed E-state index contributed by atoms with van der Waals surface area (Å²) in [7, 11) is 0. The number of carbonyl (C=O) groups excluding carboxylic acids is 1. The molecule has 1 saturated carbocycles. The summed E-state index contributed by atoms with van der Waals surface area (Å²) in [5.41, 5.74) is 1.81. The minimum atomic E-state index is -0.432. The fraction of sp³-hybridized carbons (Fsp3) is 0.562. The second kappa shape index (κ2) is 8.00. The Bertz CT molecular complexity index is 447. The minimum Gasteiger partial charge on any atom is -0.391 e. The Morgan fingerprint density at radius 3 is 2.67 bits per heavy atom. The van der Waals surface area contributed by atoms with Crippen LogP contribution in [0.25, 0.3) is 0 Å². The number of amides is 2. The van der Waals surface area contributed by atoms with Crippen LogP contribution < -0.4 is 10.6 Å². The van der Waals surface area contributed by atoms with E-state index in [1.807, 2.05) is 31.2 Å². The number of nitrogens with one attached hydrogen (secondary N) is 2. The number of carbonyl (C=O) groups is 1. The standard InChI is InChI=1S/C16H24N2O3/c1-2-21-11-12-7-9-13(10-8-12)17-16(20)18-14-5-3-4-6-15(14)19/h7-10,14-15,19H,2-6,11H2,1H3,(H2,17,18,20). The van der Waals surface area contributed by atoms with Crippen molar-refractivity contribution in [3.8, 4) is 0 Å². The van der Waals surface area contributed by atoms with Gasteiger partial charge in [-0.2, -0.15) is 0 Å². The van der Waals surface area contributed by atoms with Gasteiger partial charge in [-0.3, -0.25) is 0 Å². The van der Waals surface area contributed by atoms with Gasteiger partial charge in [0.1, 0.15) is 0 Å². The van der Waals surface area contributed by atoms with Crippen molar-refractivity contribution in [3.05, 3.63) is 29.8 Å². The largest absolute Gasteiger partial charge is 0.391 e. The van der Waals surface area contributed by atoms with Gasteiger partial charge in [0, 0.05) is 12.3 Å². The monoisotopic (exact) mass is 292 g/mol. The van der Waals surface area contributed by atoms with Gasteiger partial charge in [0.2, 0.25) is 0 Å². The highest BCUT2D eigenvalue weighted by Gasteiger charge is 2.24. The van der Waals surface area contributed by atoms with Gasteiger partial charge in [-0.1, -0.05) is 25.0 Å². The number of aliphatic hydroxyl groups is 1. The van der Waals surface area contributed by atoms with Gasteiger partial charge in [0.25, 0.3) is 0 Å². The van der Waals surface area contributed by atoms with Crippen LogP contribution in [0.5, 0.6) is 0 Å². The van der Waals surface area contributed by atoms with Crippen molar-refractivity contribution in [1.82, 2.24) is 5.32 Å². The molecule has 1 aromatic rings. The van der Waals surface area contributed by atoms with Crippen molar-refractivity contribution >= 4 is 11.7 Å². The molecule has 1 aromatic carbocycles. The van der Waals surface area contributed by atoms with Crippen LogP contribution in [0.4, 0.5) is 10.5 Å². The van der Waals surface area contributed by atoms with Crippen LogP contribution in [-0.2, 0) is 11.3 Å². The van der Waals surface area contributed by atoms with E-state index in [4.69, 9.17) is 4.74 Å². The zero-order chi connectivity index (χ0) is 15.1. The van der Waals surface area contributed by atoms with Crippen molar-refractivity contribution in [2.75, 3.05) is 11.9 Å². The van der Waals surface area contributed by atoms with Crippen molar-refractivity contribution < 1.29 is 14.6 Å². The van der Waals surface area contributed by atoms with Gasteiger partial charge in [-0.15, -0.1) is 0 Å². The topological polar surface area (TPSA) is 70.6 Å². The first kappa shape index (κ1) is 15.8. The lowest BCUT2D eigenvalue weighted by Gasteiger charge is -2.28. The Hall–Kier alpha value is -1.59. The van der Waals surface area contributed by atoms with Gasteiger partial charge in [-0.05, 0) is 37.5 Å². The molecule has 1 aliphatic rings. The third kappa shape index (κ3) is 5.02. The van der Waals surface area contributed by atoms with Crippen LogP contribution >= 0.6 is 0 Å². The summed E-state index contributed by atoms with van der Waals surface area (Å²) in [6.45, 7) is 3.23. The lowest BCUT2D eigenvalue weighted by molar-refractivity contribution is 0.0955. The van der Waals surface area contributed by atoms with Gasteiger partial charge >= 0.3 is 6.03 Å². The van der Waals surface area contributed by atoms with Gasteiger partial charge in [-0.25, -0.2) is 4.79 Å². The molecule has 2 unspecified atom stereocenters. The van der Waals surface area contributed by atoms with Gasteiger partial charge in [0.15, 0.2) is 0 Å². The molecule has 2 rings (SSSR count). The molecule has 3 N–H and O–H groups in total. The Balaban J connectivity index is 1.81. The second-order valence-corrected chi connectivity index (χ2v) is 5.39. The van der Waals surface area contributed by atoms with Gasteiger partial charge in [0.05, 0.1) is 18.8 Å². The molecular weight excluding hydrogens is 268 g/mol. The molecule has 0 aliphatic heterocycles. The third-order valence-electron chi connectivity index (χ3n) is 3.73. The number of rotatable bonds is 5. The van der Waals surface area contributed by atoms with E-state index in [1.54, 1.807) is 0 Å². The van der Waals surface area contributed by atoms with E-state index >= 15 is 0 Å². The number of aliphatic hydroxyl groups excluding tert-OH is 1. The first-order valence-electron chi connectivity index (χ1n) is 7.61. The average molecular weight is 292 g/mol. The zero-order valence-electron chi connectivity index (χ0n) is 12.5. The summed E-state index contributed by atoms with van der Waals surface area (Å²) >= 11 is 0. The smallest absolute Gasteiger partial charge is 0.319 e. The minimum absolute atomic E-state index is 0.143. The van der Waals surface area contributed by atoms with E-state index in [1.165, 1.54) is 0 Å². The average Bonchev–Trinajstić information content (AvgIpc) is 2.49. The first-order chi connectivity index (χ1) is 10.2. The van der Waals surface area contributed by atoms with Crippen LogP contribution in [-0.4, -0.2) is 29.9 Å². The van der Waals surface area contributed by atoms with Gasteiger partial charge < -0.3 is 20.5 Å². The molecule has 0 bridgehead atoms. The molecule has 2 atom stereocenters. The SMILES string of the molecule is CCOCc1ccc(NC(=O)NC2CCCCC2O)cc1. The van der Waals surface area contributed by atoms with E-state index in [9.17, 15) is 9.90 Å². The van der Waals surface area contributed by atoms with Crippen LogP contribution in [0.3, 0.4) is 0 Å². The normalized spacial score (nSPS) is 21.8. The number of benzene rings is 1. The molecule has 0 aromatic heterocycles. The summed E-state index contributed by atoms with van der Waals surface area (Å²) in [5, 5.41) is 15.5. The fourth-order valence-corrected chi connectivity index (χ4v) is 2.52. The zero-order valence-corrected chi connectivity index (χ0v) is 12.5. The highest BCUT2D eigenvalue weighted by molar-refractivity contribution is 5.89. The van der Waals surface area contributed by atoms with Crippen molar-refractivity contribution in [3.63, 3.8) is 0 Å². The van der Waals surface area contributed by atoms with E-state index in [2.05, 4.69) is 10.6 Å². The molecule has 5 nitrogen and oxygen atoms in total. The summed E-state index contributed by atoms with van der Waals surface area (Å²) in [4.78, 5) is 11.9. The lowest BCUT2D eigenvalue weighted by atomic mass is 9.93. The van der Waals surface area contributed by atoms with Crippen LogP contribution in [0.2, 0.25) is 0 Å². The third-order valence-corrected chi connectivity index (χ3v) is 3.73. The molecule has 0 radical (unpaired) electrons. The van der Waals surface area contributed by atoms with Crippen LogP contribution in [0.1, 0.15) is 38.2 Å². The molecule has 1 aliphatic carbocycles. The molecule has 0 heterocycles. The molecule has 0 saturated heterocycles.